The molecule has 0 aromatic heterocycles. The standard InChI is InChI=1S/C14H18FNOS/c1-2-18-13-8-7-12(9-13)16-14(17)10-3-5-11(15)6-4-10/h3-6,12-13H,2,7-9H2,1H3,(H,16,17). The molecule has 1 aromatic rings. The lowest BCUT2D eigenvalue weighted by Crippen LogP contribution is -2.33. The fourth-order valence-corrected chi connectivity index (χ4v) is 3.47. The summed E-state index contributed by atoms with van der Waals surface area (Å²) in [6.07, 6.45) is 3.27. The monoisotopic (exact) mass is 267 g/mol. The van der Waals surface area contributed by atoms with Gasteiger partial charge in [0.25, 0.3) is 5.91 Å². The molecule has 4 heteroatoms. The minimum atomic E-state index is -0.313. The smallest absolute Gasteiger partial charge is 0.251 e. The van der Waals surface area contributed by atoms with E-state index in [9.17, 15) is 9.18 Å². The van der Waals surface area contributed by atoms with Crippen molar-refractivity contribution in [1.82, 2.24) is 5.32 Å². The van der Waals surface area contributed by atoms with Gasteiger partial charge in [-0.2, -0.15) is 11.8 Å². The third kappa shape index (κ3) is 3.48. The van der Waals surface area contributed by atoms with Gasteiger partial charge in [0.15, 0.2) is 0 Å². The van der Waals surface area contributed by atoms with Crippen molar-refractivity contribution in [2.75, 3.05) is 5.75 Å². The maximum absolute atomic E-state index is 12.8. The van der Waals surface area contributed by atoms with Crippen LogP contribution in [0.2, 0.25) is 0 Å². The molecule has 1 aliphatic rings. The average molecular weight is 267 g/mol. The summed E-state index contributed by atoms with van der Waals surface area (Å²) in [4.78, 5) is 11.9. The first-order chi connectivity index (χ1) is 8.69. The van der Waals surface area contributed by atoms with Gasteiger partial charge < -0.3 is 5.32 Å². The number of thioether (sulfide) groups is 1. The molecular formula is C14H18FNOS. The van der Waals surface area contributed by atoms with Gasteiger partial charge in [0.2, 0.25) is 0 Å². The summed E-state index contributed by atoms with van der Waals surface area (Å²) in [5.41, 5.74) is 0.531. The van der Waals surface area contributed by atoms with Crippen LogP contribution < -0.4 is 5.32 Å². The number of amides is 1. The normalized spacial score (nSPS) is 23.0. The Bertz CT molecular complexity index is 407. The SMILES string of the molecule is CCSC1CCC(NC(=O)c2ccc(F)cc2)C1. The average Bonchev–Trinajstić information content (AvgIpc) is 2.78. The summed E-state index contributed by atoms with van der Waals surface area (Å²) in [6, 6.07) is 5.96. The second-order valence-electron chi connectivity index (χ2n) is 4.57. The predicted molar refractivity (Wildman–Crippen MR) is 73.4 cm³/mol. The van der Waals surface area contributed by atoms with Crippen molar-refractivity contribution in [2.45, 2.75) is 37.5 Å². The highest BCUT2D eigenvalue weighted by molar-refractivity contribution is 7.99. The Balaban J connectivity index is 1.87. The molecule has 18 heavy (non-hydrogen) atoms. The van der Waals surface area contributed by atoms with Crippen molar-refractivity contribution in [3.8, 4) is 0 Å². The molecule has 1 N–H and O–H groups in total. The van der Waals surface area contributed by atoms with Crippen molar-refractivity contribution in [3.63, 3.8) is 0 Å². The van der Waals surface area contributed by atoms with Crippen molar-refractivity contribution in [1.29, 1.82) is 0 Å². The van der Waals surface area contributed by atoms with Gasteiger partial charge in [0.05, 0.1) is 0 Å². The van der Waals surface area contributed by atoms with E-state index in [0.717, 1.165) is 18.6 Å². The van der Waals surface area contributed by atoms with Crippen LogP contribution in [0.3, 0.4) is 0 Å². The summed E-state index contributed by atoms with van der Waals surface area (Å²) in [7, 11) is 0. The van der Waals surface area contributed by atoms with Crippen LogP contribution in [-0.2, 0) is 0 Å². The fourth-order valence-electron chi connectivity index (χ4n) is 2.33. The fraction of sp³-hybridized carbons (Fsp3) is 0.500. The van der Waals surface area contributed by atoms with Crippen LogP contribution in [0.15, 0.2) is 24.3 Å². The molecule has 0 aliphatic heterocycles. The number of rotatable bonds is 4. The minimum absolute atomic E-state index is 0.0952. The number of nitrogens with one attached hydrogen (secondary N) is 1. The molecule has 0 spiro atoms. The molecule has 0 saturated heterocycles. The number of hydrogen-bond acceptors (Lipinski definition) is 2. The second kappa shape index (κ2) is 6.23. The highest BCUT2D eigenvalue weighted by Gasteiger charge is 2.25. The van der Waals surface area contributed by atoms with E-state index in [4.69, 9.17) is 0 Å². The van der Waals surface area contributed by atoms with Crippen LogP contribution >= 0.6 is 11.8 Å². The quantitative estimate of drug-likeness (QED) is 0.907. The van der Waals surface area contributed by atoms with Crippen LogP contribution in [0.5, 0.6) is 0 Å². The lowest BCUT2D eigenvalue weighted by Gasteiger charge is -2.13. The van der Waals surface area contributed by atoms with Gasteiger partial charge in [-0.05, 0) is 49.3 Å². The van der Waals surface area contributed by atoms with Gasteiger partial charge in [0, 0.05) is 16.9 Å². The van der Waals surface area contributed by atoms with Crippen LogP contribution in [0.1, 0.15) is 36.5 Å². The summed E-state index contributed by atoms with van der Waals surface area (Å²) in [5.74, 6) is 0.720. The minimum Gasteiger partial charge on any atom is -0.349 e. The highest BCUT2D eigenvalue weighted by Crippen LogP contribution is 2.29. The second-order valence-corrected chi connectivity index (χ2v) is 6.15. The van der Waals surface area contributed by atoms with Crippen molar-refractivity contribution in [2.24, 2.45) is 0 Å². The van der Waals surface area contributed by atoms with Crippen LogP contribution in [-0.4, -0.2) is 23.0 Å². The maximum atomic E-state index is 12.8. The molecule has 0 bridgehead atoms. The third-order valence-corrected chi connectivity index (χ3v) is 4.46. The van der Waals surface area contributed by atoms with E-state index >= 15 is 0 Å². The molecule has 1 aliphatic carbocycles. The largest absolute Gasteiger partial charge is 0.349 e. The molecular weight excluding hydrogens is 249 g/mol. The van der Waals surface area contributed by atoms with E-state index in [-0.39, 0.29) is 17.8 Å². The summed E-state index contributed by atoms with van der Waals surface area (Å²) < 4.78 is 12.8. The predicted octanol–water partition coefficient (Wildman–Crippen LogP) is 3.23. The molecule has 1 amide bonds. The van der Waals surface area contributed by atoms with E-state index in [0.29, 0.717) is 10.8 Å². The zero-order valence-electron chi connectivity index (χ0n) is 10.5. The van der Waals surface area contributed by atoms with E-state index in [1.807, 2.05) is 11.8 Å². The van der Waals surface area contributed by atoms with E-state index in [1.54, 1.807) is 0 Å². The molecule has 0 radical (unpaired) electrons. The summed E-state index contributed by atoms with van der Waals surface area (Å²) >= 11 is 1.97. The molecule has 0 heterocycles. The first-order valence-electron chi connectivity index (χ1n) is 6.37. The number of carbonyl (C=O) groups excluding carboxylic acids is 1. The van der Waals surface area contributed by atoms with Crippen LogP contribution in [0.25, 0.3) is 0 Å². The Morgan fingerprint density at radius 1 is 1.39 bits per heavy atom. The highest BCUT2D eigenvalue weighted by atomic mass is 32.2. The lowest BCUT2D eigenvalue weighted by atomic mass is 10.2. The number of hydrogen-bond donors (Lipinski definition) is 1. The molecule has 2 rings (SSSR count). The summed E-state index contributed by atoms with van der Waals surface area (Å²) in [6.45, 7) is 2.16. The van der Waals surface area contributed by atoms with Crippen molar-refractivity contribution < 1.29 is 9.18 Å². The number of carbonyl (C=O) groups is 1. The van der Waals surface area contributed by atoms with Gasteiger partial charge in [0.1, 0.15) is 5.82 Å². The molecule has 2 atom stereocenters. The Hall–Kier alpha value is -1.03. The van der Waals surface area contributed by atoms with E-state index in [2.05, 4.69) is 12.2 Å². The van der Waals surface area contributed by atoms with Crippen LogP contribution in [0, 0.1) is 5.82 Å². The number of halogens is 1. The van der Waals surface area contributed by atoms with Gasteiger partial charge in [-0.1, -0.05) is 6.92 Å². The summed E-state index contributed by atoms with van der Waals surface area (Å²) in [5, 5.41) is 3.70. The zero-order valence-corrected chi connectivity index (χ0v) is 11.3. The van der Waals surface area contributed by atoms with Crippen molar-refractivity contribution >= 4 is 17.7 Å². The zero-order chi connectivity index (χ0) is 13.0. The molecule has 1 aromatic carbocycles. The topological polar surface area (TPSA) is 29.1 Å². The van der Waals surface area contributed by atoms with Gasteiger partial charge in [-0.15, -0.1) is 0 Å². The lowest BCUT2D eigenvalue weighted by molar-refractivity contribution is 0.0938. The van der Waals surface area contributed by atoms with E-state index < -0.39 is 0 Å². The Labute approximate surface area is 111 Å². The Kier molecular flexibility index (Phi) is 4.64. The van der Waals surface area contributed by atoms with Gasteiger partial charge in [-0.25, -0.2) is 4.39 Å². The first-order valence-corrected chi connectivity index (χ1v) is 7.42. The van der Waals surface area contributed by atoms with Gasteiger partial charge in [-0.3, -0.25) is 4.79 Å². The molecule has 1 saturated carbocycles. The van der Waals surface area contributed by atoms with Crippen LogP contribution in [0.4, 0.5) is 4.39 Å². The maximum Gasteiger partial charge on any atom is 0.251 e. The van der Waals surface area contributed by atoms with E-state index in [1.165, 1.54) is 30.7 Å². The molecule has 2 unspecified atom stereocenters. The molecule has 98 valence electrons. The third-order valence-electron chi connectivity index (χ3n) is 3.23. The Morgan fingerprint density at radius 3 is 2.78 bits per heavy atom. The van der Waals surface area contributed by atoms with Crippen molar-refractivity contribution in [3.05, 3.63) is 35.6 Å². The molecule has 1 fully saturated rings. The number of benzene rings is 1. The van der Waals surface area contributed by atoms with Gasteiger partial charge >= 0.3 is 0 Å². The first kappa shape index (κ1) is 13.4. The Morgan fingerprint density at radius 2 is 2.11 bits per heavy atom. The molecule has 2 nitrogen and oxygen atoms in total.